The van der Waals surface area contributed by atoms with Crippen molar-refractivity contribution in [3.05, 3.63) is 59.7 Å². The summed E-state index contributed by atoms with van der Waals surface area (Å²) in [5, 5.41) is 9.55. The lowest BCUT2D eigenvalue weighted by Crippen LogP contribution is -2.22. The first-order valence-electron chi connectivity index (χ1n) is 6.17. The van der Waals surface area contributed by atoms with E-state index in [2.05, 4.69) is 37.9 Å². The van der Waals surface area contributed by atoms with E-state index in [0.29, 0.717) is 5.75 Å². The summed E-state index contributed by atoms with van der Waals surface area (Å²) in [5.74, 6) is 0.317. The number of hydrogen-bond acceptors (Lipinski definition) is 2. The second-order valence-electron chi connectivity index (χ2n) is 4.67. The van der Waals surface area contributed by atoms with Crippen LogP contribution in [0.15, 0.2) is 48.5 Å². The molecular weight excluding hydrogens is 222 g/mol. The highest BCUT2D eigenvalue weighted by Gasteiger charge is 2.13. The summed E-state index contributed by atoms with van der Waals surface area (Å²) in [6.45, 7) is 4.25. The normalized spacial score (nSPS) is 12.2. The minimum Gasteiger partial charge on any atom is -0.508 e. The summed E-state index contributed by atoms with van der Waals surface area (Å²) < 4.78 is 0. The van der Waals surface area contributed by atoms with Crippen LogP contribution in [0.4, 0.5) is 5.69 Å². The number of nitrogens with zero attached hydrogens (tertiary/aromatic N) is 1. The molecule has 0 bridgehead atoms. The topological polar surface area (TPSA) is 23.5 Å². The van der Waals surface area contributed by atoms with Crippen molar-refractivity contribution in [2.24, 2.45) is 0 Å². The molecule has 0 aliphatic carbocycles. The highest BCUT2D eigenvalue weighted by atomic mass is 16.3. The van der Waals surface area contributed by atoms with Gasteiger partial charge >= 0.3 is 0 Å². The van der Waals surface area contributed by atoms with Gasteiger partial charge in [-0.05, 0) is 43.2 Å². The first-order chi connectivity index (χ1) is 8.59. The third-order valence-electron chi connectivity index (χ3n) is 3.43. The average Bonchev–Trinajstić information content (AvgIpc) is 2.37. The number of hydrogen-bond donors (Lipinski definition) is 1. The molecule has 0 aliphatic heterocycles. The first kappa shape index (κ1) is 12.5. The molecule has 2 aromatic rings. The van der Waals surface area contributed by atoms with E-state index < -0.39 is 0 Å². The largest absolute Gasteiger partial charge is 0.508 e. The highest BCUT2D eigenvalue weighted by molar-refractivity contribution is 5.54. The van der Waals surface area contributed by atoms with Crippen LogP contribution in [0.25, 0.3) is 0 Å². The zero-order valence-electron chi connectivity index (χ0n) is 11.1. The Balaban J connectivity index is 2.29. The number of phenolic OH excluding ortho intramolecular Hbond substituents is 1. The van der Waals surface area contributed by atoms with Crippen molar-refractivity contribution < 1.29 is 5.11 Å². The number of rotatable bonds is 3. The molecule has 1 atom stereocenters. The van der Waals surface area contributed by atoms with Gasteiger partial charge in [0.2, 0.25) is 0 Å². The quantitative estimate of drug-likeness (QED) is 0.881. The summed E-state index contributed by atoms with van der Waals surface area (Å²) >= 11 is 0. The number of para-hydroxylation sites is 1. The Morgan fingerprint density at radius 1 is 1.06 bits per heavy atom. The van der Waals surface area contributed by atoms with Crippen LogP contribution >= 0.6 is 0 Å². The van der Waals surface area contributed by atoms with E-state index in [1.54, 1.807) is 6.07 Å². The smallest absolute Gasteiger partial charge is 0.115 e. The maximum absolute atomic E-state index is 9.55. The Morgan fingerprint density at radius 3 is 2.44 bits per heavy atom. The Kier molecular flexibility index (Phi) is 3.56. The maximum atomic E-state index is 9.55. The predicted molar refractivity (Wildman–Crippen MR) is 76.1 cm³/mol. The molecule has 18 heavy (non-hydrogen) atoms. The van der Waals surface area contributed by atoms with Crippen molar-refractivity contribution in [1.29, 1.82) is 0 Å². The van der Waals surface area contributed by atoms with Crippen LogP contribution in [0, 0.1) is 6.92 Å². The maximum Gasteiger partial charge on any atom is 0.115 e. The summed E-state index contributed by atoms with van der Waals surface area (Å²) in [6, 6.07) is 16.0. The fourth-order valence-electron chi connectivity index (χ4n) is 2.18. The first-order valence-corrected chi connectivity index (χ1v) is 6.17. The van der Waals surface area contributed by atoms with Gasteiger partial charge in [0, 0.05) is 12.7 Å². The molecule has 0 fully saturated rings. The van der Waals surface area contributed by atoms with E-state index in [-0.39, 0.29) is 6.04 Å². The van der Waals surface area contributed by atoms with Gasteiger partial charge in [0.25, 0.3) is 0 Å². The van der Waals surface area contributed by atoms with Gasteiger partial charge in [-0.15, -0.1) is 0 Å². The van der Waals surface area contributed by atoms with Gasteiger partial charge in [-0.2, -0.15) is 0 Å². The number of anilines is 1. The van der Waals surface area contributed by atoms with Crippen molar-refractivity contribution in [1.82, 2.24) is 0 Å². The third kappa shape index (κ3) is 2.48. The number of aromatic hydroxyl groups is 1. The predicted octanol–water partition coefficient (Wildman–Crippen LogP) is 3.90. The zero-order valence-corrected chi connectivity index (χ0v) is 11.1. The van der Waals surface area contributed by atoms with Crippen LogP contribution in [0.2, 0.25) is 0 Å². The van der Waals surface area contributed by atoms with Gasteiger partial charge < -0.3 is 10.0 Å². The van der Waals surface area contributed by atoms with Crippen molar-refractivity contribution in [3.63, 3.8) is 0 Å². The average molecular weight is 241 g/mol. The van der Waals surface area contributed by atoms with E-state index in [1.807, 2.05) is 30.3 Å². The van der Waals surface area contributed by atoms with Crippen molar-refractivity contribution >= 4 is 5.69 Å². The van der Waals surface area contributed by atoms with Crippen LogP contribution in [0.1, 0.15) is 24.1 Å². The standard InChI is InChI=1S/C16H19NO/c1-12-7-4-5-10-16(12)17(3)13(2)14-8-6-9-15(18)11-14/h4-11,13,18H,1-3H3. The molecule has 0 saturated carbocycles. The molecule has 0 heterocycles. The molecule has 2 rings (SSSR count). The van der Waals surface area contributed by atoms with E-state index in [9.17, 15) is 5.11 Å². The van der Waals surface area contributed by atoms with Gasteiger partial charge in [0.1, 0.15) is 5.75 Å². The van der Waals surface area contributed by atoms with Crippen LogP contribution < -0.4 is 4.90 Å². The molecule has 0 aliphatic rings. The molecule has 0 spiro atoms. The molecule has 2 nitrogen and oxygen atoms in total. The molecule has 0 saturated heterocycles. The molecule has 0 radical (unpaired) electrons. The number of benzene rings is 2. The highest BCUT2D eigenvalue weighted by Crippen LogP contribution is 2.28. The molecule has 1 N–H and O–H groups in total. The van der Waals surface area contributed by atoms with E-state index in [1.165, 1.54) is 11.3 Å². The van der Waals surface area contributed by atoms with Crippen molar-refractivity contribution in [2.75, 3.05) is 11.9 Å². The lowest BCUT2D eigenvalue weighted by Gasteiger charge is -2.28. The fraction of sp³-hybridized carbons (Fsp3) is 0.250. The minimum atomic E-state index is 0.221. The van der Waals surface area contributed by atoms with E-state index in [0.717, 1.165) is 5.56 Å². The van der Waals surface area contributed by atoms with E-state index >= 15 is 0 Å². The van der Waals surface area contributed by atoms with Crippen molar-refractivity contribution in [3.8, 4) is 5.75 Å². The Hall–Kier alpha value is -1.96. The minimum absolute atomic E-state index is 0.221. The molecule has 1 unspecified atom stereocenters. The van der Waals surface area contributed by atoms with Crippen LogP contribution in [0.3, 0.4) is 0 Å². The fourth-order valence-corrected chi connectivity index (χ4v) is 2.18. The number of phenols is 1. The molecule has 2 aromatic carbocycles. The Bertz CT molecular complexity index is 536. The van der Waals surface area contributed by atoms with Gasteiger partial charge in [-0.3, -0.25) is 0 Å². The molecule has 0 amide bonds. The summed E-state index contributed by atoms with van der Waals surface area (Å²) in [6.07, 6.45) is 0. The van der Waals surface area contributed by atoms with Crippen LogP contribution in [0.5, 0.6) is 5.75 Å². The Morgan fingerprint density at radius 2 is 1.78 bits per heavy atom. The number of aryl methyl sites for hydroxylation is 1. The lowest BCUT2D eigenvalue weighted by molar-refractivity contribution is 0.474. The SMILES string of the molecule is Cc1ccccc1N(C)C(C)c1cccc(O)c1. The summed E-state index contributed by atoms with van der Waals surface area (Å²) in [5.41, 5.74) is 3.58. The van der Waals surface area contributed by atoms with Crippen LogP contribution in [-0.4, -0.2) is 12.2 Å². The Labute approximate surface area is 109 Å². The lowest BCUT2D eigenvalue weighted by atomic mass is 10.1. The van der Waals surface area contributed by atoms with Gasteiger partial charge in [0.05, 0.1) is 6.04 Å². The summed E-state index contributed by atoms with van der Waals surface area (Å²) in [7, 11) is 2.08. The van der Waals surface area contributed by atoms with Gasteiger partial charge in [0.15, 0.2) is 0 Å². The third-order valence-corrected chi connectivity index (χ3v) is 3.43. The molecule has 0 aromatic heterocycles. The second-order valence-corrected chi connectivity index (χ2v) is 4.67. The van der Waals surface area contributed by atoms with Crippen LogP contribution in [-0.2, 0) is 0 Å². The van der Waals surface area contributed by atoms with Crippen molar-refractivity contribution in [2.45, 2.75) is 19.9 Å². The van der Waals surface area contributed by atoms with Gasteiger partial charge in [-0.1, -0.05) is 30.3 Å². The monoisotopic (exact) mass is 241 g/mol. The van der Waals surface area contributed by atoms with Gasteiger partial charge in [-0.25, -0.2) is 0 Å². The second kappa shape index (κ2) is 5.13. The zero-order chi connectivity index (χ0) is 13.1. The molecular formula is C16H19NO. The summed E-state index contributed by atoms with van der Waals surface area (Å²) in [4.78, 5) is 2.23. The molecule has 94 valence electrons. The van der Waals surface area contributed by atoms with E-state index in [4.69, 9.17) is 0 Å². The molecule has 2 heteroatoms.